The third-order valence-corrected chi connectivity index (χ3v) is 3.75. The van der Waals surface area contributed by atoms with Gasteiger partial charge in [-0.1, -0.05) is 6.92 Å². The van der Waals surface area contributed by atoms with Crippen molar-refractivity contribution < 1.29 is 9.53 Å². The maximum absolute atomic E-state index is 11.8. The number of nitrogens with one attached hydrogen (secondary N) is 1. The van der Waals surface area contributed by atoms with E-state index in [1.165, 1.54) is 11.3 Å². The summed E-state index contributed by atoms with van der Waals surface area (Å²) in [6.45, 7) is 4.70. The first-order valence-corrected chi connectivity index (χ1v) is 7.71. The summed E-state index contributed by atoms with van der Waals surface area (Å²) in [6.07, 6.45) is 0. The fourth-order valence-corrected chi connectivity index (χ4v) is 2.41. The molecule has 0 fully saturated rings. The summed E-state index contributed by atoms with van der Waals surface area (Å²) < 4.78 is 5.41. The summed E-state index contributed by atoms with van der Waals surface area (Å²) in [5.41, 5.74) is 7.29. The third-order valence-electron chi connectivity index (χ3n) is 3.00. The van der Waals surface area contributed by atoms with Crippen LogP contribution in [0.25, 0.3) is 11.3 Å². The number of benzene rings is 1. The van der Waals surface area contributed by atoms with Crippen molar-refractivity contribution in [3.63, 3.8) is 0 Å². The van der Waals surface area contributed by atoms with E-state index in [0.29, 0.717) is 18.3 Å². The maximum atomic E-state index is 11.8. The highest BCUT2D eigenvalue weighted by molar-refractivity contribution is 7.14. The molecule has 1 amide bonds. The van der Waals surface area contributed by atoms with Crippen molar-refractivity contribution in [2.75, 3.05) is 18.5 Å². The Bertz CT molecular complexity index is 601. The second kappa shape index (κ2) is 8.73. The van der Waals surface area contributed by atoms with E-state index in [2.05, 4.69) is 10.3 Å². The maximum Gasteiger partial charge on any atom is 0.230 e. The quantitative estimate of drug-likeness (QED) is 0.846. The zero-order valence-electron chi connectivity index (χ0n) is 12.5. The number of carbonyl (C=O) groups excluding carboxylic acids is 1. The van der Waals surface area contributed by atoms with Crippen molar-refractivity contribution >= 4 is 34.8 Å². The van der Waals surface area contributed by atoms with Crippen LogP contribution in [0.1, 0.15) is 13.8 Å². The number of ether oxygens (including phenoxy) is 1. The Labute approximate surface area is 140 Å². The molecule has 7 heteroatoms. The topological polar surface area (TPSA) is 77.2 Å². The van der Waals surface area contributed by atoms with Gasteiger partial charge in [0.25, 0.3) is 0 Å². The minimum atomic E-state index is -0.220. The Morgan fingerprint density at radius 2 is 2.09 bits per heavy atom. The van der Waals surface area contributed by atoms with Gasteiger partial charge in [0.2, 0.25) is 5.91 Å². The van der Waals surface area contributed by atoms with Crippen molar-refractivity contribution in [1.82, 2.24) is 4.98 Å². The molecule has 0 aliphatic rings. The molecule has 1 aromatic heterocycles. The van der Waals surface area contributed by atoms with E-state index in [-0.39, 0.29) is 24.2 Å². The van der Waals surface area contributed by atoms with Crippen LogP contribution < -0.4 is 15.8 Å². The summed E-state index contributed by atoms with van der Waals surface area (Å²) >= 11 is 1.40. The summed E-state index contributed by atoms with van der Waals surface area (Å²) in [5.74, 6) is 0.509. The van der Waals surface area contributed by atoms with Crippen LogP contribution in [0.15, 0.2) is 29.6 Å². The largest absolute Gasteiger partial charge is 0.494 e. The lowest BCUT2D eigenvalue weighted by Gasteiger charge is -2.06. The molecule has 0 aliphatic heterocycles. The average Bonchev–Trinajstić information content (AvgIpc) is 2.96. The van der Waals surface area contributed by atoms with E-state index in [1.54, 1.807) is 6.92 Å². The van der Waals surface area contributed by atoms with E-state index in [1.807, 2.05) is 36.6 Å². The summed E-state index contributed by atoms with van der Waals surface area (Å²) in [6, 6.07) is 7.72. The normalized spacial score (nSPS) is 11.4. The van der Waals surface area contributed by atoms with Crippen molar-refractivity contribution in [3.8, 4) is 17.0 Å². The van der Waals surface area contributed by atoms with Crippen LogP contribution in [0, 0.1) is 5.92 Å². The number of halogens is 1. The van der Waals surface area contributed by atoms with E-state index in [0.717, 1.165) is 17.0 Å². The van der Waals surface area contributed by atoms with Crippen molar-refractivity contribution in [2.24, 2.45) is 11.7 Å². The van der Waals surface area contributed by atoms with Gasteiger partial charge in [-0.15, -0.1) is 23.7 Å². The minimum Gasteiger partial charge on any atom is -0.494 e. The molecule has 1 atom stereocenters. The van der Waals surface area contributed by atoms with Gasteiger partial charge < -0.3 is 15.8 Å². The molecule has 0 radical (unpaired) electrons. The number of amides is 1. The lowest BCUT2D eigenvalue weighted by molar-refractivity contribution is -0.119. The first-order valence-electron chi connectivity index (χ1n) is 6.83. The highest BCUT2D eigenvalue weighted by Crippen LogP contribution is 2.26. The molecule has 0 saturated heterocycles. The molecule has 1 heterocycles. The molecule has 2 rings (SSSR count). The van der Waals surface area contributed by atoms with E-state index < -0.39 is 0 Å². The Morgan fingerprint density at radius 3 is 2.68 bits per heavy atom. The van der Waals surface area contributed by atoms with Crippen LogP contribution in [0.3, 0.4) is 0 Å². The number of hydrogen-bond donors (Lipinski definition) is 2. The van der Waals surface area contributed by atoms with Crippen LogP contribution in [-0.4, -0.2) is 24.0 Å². The number of hydrogen-bond acceptors (Lipinski definition) is 5. The van der Waals surface area contributed by atoms with Gasteiger partial charge in [0.05, 0.1) is 12.3 Å². The molecule has 2 aromatic rings. The third kappa shape index (κ3) is 4.69. The number of thiazole rings is 1. The number of anilines is 1. The molecule has 22 heavy (non-hydrogen) atoms. The zero-order valence-corrected chi connectivity index (χ0v) is 14.2. The van der Waals surface area contributed by atoms with Gasteiger partial charge in [-0.2, -0.15) is 0 Å². The van der Waals surface area contributed by atoms with Gasteiger partial charge in [0, 0.05) is 23.4 Å². The van der Waals surface area contributed by atoms with Gasteiger partial charge in [-0.05, 0) is 31.2 Å². The molecule has 3 N–H and O–H groups in total. The highest BCUT2D eigenvalue weighted by Gasteiger charge is 2.13. The molecule has 1 unspecified atom stereocenters. The molecule has 0 bridgehead atoms. The van der Waals surface area contributed by atoms with Gasteiger partial charge in [0.15, 0.2) is 5.13 Å². The molecule has 0 saturated carbocycles. The van der Waals surface area contributed by atoms with Crippen molar-refractivity contribution in [1.29, 1.82) is 0 Å². The summed E-state index contributed by atoms with van der Waals surface area (Å²) in [4.78, 5) is 16.2. The molecule has 0 aliphatic carbocycles. The monoisotopic (exact) mass is 341 g/mol. The number of rotatable bonds is 6. The van der Waals surface area contributed by atoms with Crippen LogP contribution in [0.2, 0.25) is 0 Å². The highest BCUT2D eigenvalue weighted by atomic mass is 35.5. The first-order chi connectivity index (χ1) is 10.1. The van der Waals surface area contributed by atoms with E-state index >= 15 is 0 Å². The predicted molar refractivity (Wildman–Crippen MR) is 92.8 cm³/mol. The standard InChI is InChI=1S/C15H19N3O2S.ClH/c1-3-20-12-6-4-11(5-7-12)13-9-21-15(17-13)18-14(19)10(2)8-16;/h4-7,9-10H,3,8,16H2,1-2H3,(H,17,18,19);1H. The van der Waals surface area contributed by atoms with Gasteiger partial charge >= 0.3 is 0 Å². The Morgan fingerprint density at radius 1 is 1.41 bits per heavy atom. The smallest absolute Gasteiger partial charge is 0.230 e. The fourth-order valence-electron chi connectivity index (χ4n) is 1.69. The van der Waals surface area contributed by atoms with Crippen molar-refractivity contribution in [2.45, 2.75) is 13.8 Å². The van der Waals surface area contributed by atoms with E-state index in [4.69, 9.17) is 10.5 Å². The SMILES string of the molecule is CCOc1ccc(-c2csc(NC(=O)C(C)CN)n2)cc1.Cl. The second-order valence-corrected chi connectivity index (χ2v) is 5.48. The zero-order chi connectivity index (χ0) is 15.2. The first kappa shape index (κ1) is 18.4. The van der Waals surface area contributed by atoms with E-state index in [9.17, 15) is 4.79 Å². The second-order valence-electron chi connectivity index (χ2n) is 4.62. The number of nitrogens with two attached hydrogens (primary N) is 1. The summed E-state index contributed by atoms with van der Waals surface area (Å²) in [5, 5.41) is 5.28. The van der Waals surface area contributed by atoms with Crippen LogP contribution in [-0.2, 0) is 4.79 Å². The number of aromatic nitrogens is 1. The minimum absolute atomic E-state index is 0. The molecule has 1 aromatic carbocycles. The Kier molecular flexibility index (Phi) is 7.31. The lowest BCUT2D eigenvalue weighted by Crippen LogP contribution is -2.26. The Balaban J connectivity index is 0.00000242. The van der Waals surface area contributed by atoms with Gasteiger partial charge in [-0.3, -0.25) is 4.79 Å². The van der Waals surface area contributed by atoms with Crippen LogP contribution in [0.5, 0.6) is 5.75 Å². The predicted octanol–water partition coefficient (Wildman–Crippen LogP) is 3.16. The van der Waals surface area contributed by atoms with Crippen LogP contribution >= 0.6 is 23.7 Å². The Hall–Kier alpha value is -1.63. The molecule has 5 nitrogen and oxygen atoms in total. The number of nitrogens with zero attached hydrogens (tertiary/aromatic N) is 1. The number of carbonyl (C=O) groups is 1. The molecule has 120 valence electrons. The lowest BCUT2D eigenvalue weighted by atomic mass is 10.2. The molecular weight excluding hydrogens is 322 g/mol. The average molecular weight is 342 g/mol. The molecular formula is C15H20ClN3O2S. The van der Waals surface area contributed by atoms with Gasteiger partial charge in [0.1, 0.15) is 5.75 Å². The van der Waals surface area contributed by atoms with Crippen LogP contribution in [0.4, 0.5) is 5.13 Å². The fraction of sp³-hybridized carbons (Fsp3) is 0.333. The van der Waals surface area contributed by atoms with Crippen molar-refractivity contribution in [3.05, 3.63) is 29.6 Å². The summed E-state index contributed by atoms with van der Waals surface area (Å²) in [7, 11) is 0. The van der Waals surface area contributed by atoms with Gasteiger partial charge in [-0.25, -0.2) is 4.98 Å². The molecule has 0 spiro atoms.